The molecule has 106 valence electrons. The zero-order valence-electron chi connectivity index (χ0n) is 12.1. The summed E-state index contributed by atoms with van der Waals surface area (Å²) in [5.41, 5.74) is 2.32. The summed E-state index contributed by atoms with van der Waals surface area (Å²) in [6.45, 7) is 3.65. The molecule has 2 rings (SSSR count). The molecule has 3 heteroatoms. The number of hydrogen-bond donors (Lipinski definition) is 1. The van der Waals surface area contributed by atoms with Gasteiger partial charge in [0.15, 0.2) is 0 Å². The van der Waals surface area contributed by atoms with Crippen LogP contribution in [0.1, 0.15) is 12.0 Å². The summed E-state index contributed by atoms with van der Waals surface area (Å²) in [4.78, 5) is 0. The second kappa shape index (κ2) is 7.43. The number of hydrogen-bond acceptors (Lipinski definition) is 3. The number of aryl methyl sites for hydroxylation is 1. The topological polar surface area (TPSA) is 30.5 Å². The van der Waals surface area contributed by atoms with Gasteiger partial charge in [0.1, 0.15) is 11.5 Å². The van der Waals surface area contributed by atoms with Crippen molar-refractivity contribution in [1.29, 1.82) is 0 Å². The lowest BCUT2D eigenvalue weighted by molar-refractivity contribution is 0.315. The molecule has 0 aliphatic heterocycles. The second-order valence-electron chi connectivity index (χ2n) is 4.67. The van der Waals surface area contributed by atoms with Crippen molar-refractivity contribution in [2.45, 2.75) is 13.3 Å². The van der Waals surface area contributed by atoms with Crippen LogP contribution in [0.15, 0.2) is 48.5 Å². The van der Waals surface area contributed by atoms with Crippen LogP contribution in [-0.4, -0.2) is 20.3 Å². The highest BCUT2D eigenvalue weighted by Gasteiger charge is 1.96. The van der Waals surface area contributed by atoms with E-state index in [9.17, 15) is 0 Å². The van der Waals surface area contributed by atoms with Crippen molar-refractivity contribution in [2.24, 2.45) is 0 Å². The molecule has 0 aromatic heterocycles. The first-order valence-electron chi connectivity index (χ1n) is 6.85. The summed E-state index contributed by atoms with van der Waals surface area (Å²) in [5, 5.41) is 3.35. The number of benzene rings is 2. The lowest BCUT2D eigenvalue weighted by atomic mass is 10.2. The predicted molar refractivity (Wildman–Crippen MR) is 82.8 cm³/mol. The average Bonchev–Trinajstić information content (AvgIpc) is 2.49. The molecule has 0 spiro atoms. The Balaban J connectivity index is 1.67. The molecule has 0 unspecified atom stereocenters. The molecular formula is C17H21NO2. The van der Waals surface area contributed by atoms with Crippen LogP contribution in [0.3, 0.4) is 0 Å². The van der Waals surface area contributed by atoms with Gasteiger partial charge in [0, 0.05) is 18.3 Å². The Kier molecular flexibility index (Phi) is 5.30. The van der Waals surface area contributed by atoms with E-state index in [0.717, 1.165) is 30.2 Å². The van der Waals surface area contributed by atoms with Crippen LogP contribution in [0.2, 0.25) is 0 Å². The minimum atomic E-state index is 0.708. The number of rotatable bonds is 7. The fourth-order valence-electron chi connectivity index (χ4n) is 1.86. The van der Waals surface area contributed by atoms with Gasteiger partial charge in [-0.05, 0) is 37.6 Å². The Morgan fingerprint density at radius 2 is 1.80 bits per heavy atom. The SMILES string of the molecule is COc1cccc(NCCCOc2ccc(C)cc2)c1. The largest absolute Gasteiger partial charge is 0.497 e. The second-order valence-corrected chi connectivity index (χ2v) is 4.67. The lowest BCUT2D eigenvalue weighted by Crippen LogP contribution is -2.07. The molecule has 0 bridgehead atoms. The maximum absolute atomic E-state index is 5.68. The van der Waals surface area contributed by atoms with Gasteiger partial charge in [0.05, 0.1) is 13.7 Å². The van der Waals surface area contributed by atoms with E-state index in [0.29, 0.717) is 6.61 Å². The van der Waals surface area contributed by atoms with Crippen LogP contribution in [0.5, 0.6) is 11.5 Å². The first kappa shape index (κ1) is 14.3. The minimum absolute atomic E-state index is 0.708. The summed E-state index contributed by atoms with van der Waals surface area (Å²) in [6, 6.07) is 16.1. The molecule has 0 atom stereocenters. The maximum atomic E-state index is 5.68. The highest BCUT2D eigenvalue weighted by atomic mass is 16.5. The van der Waals surface area contributed by atoms with Crippen LogP contribution >= 0.6 is 0 Å². The molecule has 0 heterocycles. The van der Waals surface area contributed by atoms with Crippen molar-refractivity contribution >= 4 is 5.69 Å². The van der Waals surface area contributed by atoms with Gasteiger partial charge in [-0.15, -0.1) is 0 Å². The summed E-state index contributed by atoms with van der Waals surface area (Å²) in [7, 11) is 1.68. The van der Waals surface area contributed by atoms with Gasteiger partial charge in [-0.1, -0.05) is 23.8 Å². The van der Waals surface area contributed by atoms with Crippen LogP contribution in [0, 0.1) is 6.92 Å². The van der Waals surface area contributed by atoms with Crippen LogP contribution in [-0.2, 0) is 0 Å². The van der Waals surface area contributed by atoms with Gasteiger partial charge >= 0.3 is 0 Å². The smallest absolute Gasteiger partial charge is 0.120 e. The van der Waals surface area contributed by atoms with E-state index in [1.165, 1.54) is 5.56 Å². The summed E-state index contributed by atoms with van der Waals surface area (Å²) >= 11 is 0. The molecule has 0 radical (unpaired) electrons. The van der Waals surface area contributed by atoms with E-state index < -0.39 is 0 Å². The van der Waals surface area contributed by atoms with Crippen LogP contribution in [0.4, 0.5) is 5.69 Å². The molecule has 0 fully saturated rings. The Hall–Kier alpha value is -2.16. The molecule has 0 saturated carbocycles. The van der Waals surface area contributed by atoms with Crippen molar-refractivity contribution in [2.75, 3.05) is 25.6 Å². The zero-order valence-corrected chi connectivity index (χ0v) is 12.1. The number of ether oxygens (including phenoxy) is 2. The van der Waals surface area contributed by atoms with Crippen LogP contribution < -0.4 is 14.8 Å². The highest BCUT2D eigenvalue weighted by Crippen LogP contribution is 2.16. The first-order valence-corrected chi connectivity index (χ1v) is 6.85. The maximum Gasteiger partial charge on any atom is 0.120 e. The molecule has 0 aliphatic carbocycles. The van der Waals surface area contributed by atoms with Crippen molar-refractivity contribution in [3.8, 4) is 11.5 Å². The van der Waals surface area contributed by atoms with E-state index >= 15 is 0 Å². The fraction of sp³-hybridized carbons (Fsp3) is 0.294. The fourth-order valence-corrected chi connectivity index (χ4v) is 1.86. The summed E-state index contributed by atoms with van der Waals surface area (Å²) in [6.07, 6.45) is 0.949. The van der Waals surface area contributed by atoms with Gasteiger partial charge in [0.25, 0.3) is 0 Å². The molecule has 1 N–H and O–H groups in total. The van der Waals surface area contributed by atoms with E-state index in [1.54, 1.807) is 7.11 Å². The van der Waals surface area contributed by atoms with Gasteiger partial charge < -0.3 is 14.8 Å². The quantitative estimate of drug-likeness (QED) is 0.775. The summed E-state index contributed by atoms with van der Waals surface area (Å²) < 4.78 is 10.9. The van der Waals surface area contributed by atoms with Crippen molar-refractivity contribution < 1.29 is 9.47 Å². The number of anilines is 1. The third-order valence-corrected chi connectivity index (χ3v) is 3.01. The molecular weight excluding hydrogens is 250 g/mol. The van der Waals surface area contributed by atoms with Gasteiger partial charge in [-0.25, -0.2) is 0 Å². The molecule has 2 aromatic rings. The van der Waals surface area contributed by atoms with Gasteiger partial charge in [-0.2, -0.15) is 0 Å². The van der Waals surface area contributed by atoms with E-state index in [1.807, 2.05) is 36.4 Å². The molecule has 0 saturated heterocycles. The van der Waals surface area contributed by atoms with Crippen molar-refractivity contribution in [3.05, 3.63) is 54.1 Å². The number of methoxy groups -OCH3 is 1. The van der Waals surface area contributed by atoms with Gasteiger partial charge in [-0.3, -0.25) is 0 Å². The summed E-state index contributed by atoms with van der Waals surface area (Å²) in [5.74, 6) is 1.79. The monoisotopic (exact) mass is 271 g/mol. The zero-order chi connectivity index (χ0) is 14.2. The highest BCUT2D eigenvalue weighted by molar-refractivity contribution is 5.48. The van der Waals surface area contributed by atoms with Gasteiger partial charge in [0.2, 0.25) is 0 Å². The Morgan fingerprint density at radius 1 is 1.00 bits per heavy atom. The molecule has 0 amide bonds. The molecule has 3 nitrogen and oxygen atoms in total. The lowest BCUT2D eigenvalue weighted by Gasteiger charge is -2.09. The third kappa shape index (κ3) is 4.50. The minimum Gasteiger partial charge on any atom is -0.497 e. The normalized spacial score (nSPS) is 10.1. The predicted octanol–water partition coefficient (Wildman–Crippen LogP) is 3.88. The third-order valence-electron chi connectivity index (χ3n) is 3.01. The van der Waals surface area contributed by atoms with E-state index in [4.69, 9.17) is 9.47 Å². The Morgan fingerprint density at radius 3 is 2.55 bits per heavy atom. The van der Waals surface area contributed by atoms with Crippen LogP contribution in [0.25, 0.3) is 0 Å². The average molecular weight is 271 g/mol. The van der Waals surface area contributed by atoms with E-state index in [-0.39, 0.29) is 0 Å². The molecule has 2 aromatic carbocycles. The molecule has 20 heavy (non-hydrogen) atoms. The number of nitrogens with one attached hydrogen (secondary N) is 1. The van der Waals surface area contributed by atoms with Crippen molar-refractivity contribution in [3.63, 3.8) is 0 Å². The first-order chi connectivity index (χ1) is 9.78. The Labute approximate surface area is 120 Å². The Bertz CT molecular complexity index is 523. The van der Waals surface area contributed by atoms with Crippen molar-refractivity contribution in [1.82, 2.24) is 0 Å². The molecule has 0 aliphatic rings. The standard InChI is InChI=1S/C17H21NO2/c1-14-7-9-16(10-8-14)20-12-4-11-18-15-5-3-6-17(13-15)19-2/h3,5-10,13,18H,4,11-12H2,1-2H3. The van der Waals surface area contributed by atoms with E-state index in [2.05, 4.69) is 24.4 Å².